The monoisotopic (exact) mass is 376 g/mol. The van der Waals surface area contributed by atoms with Crippen molar-refractivity contribution in [1.29, 1.82) is 0 Å². The zero-order valence-corrected chi connectivity index (χ0v) is 17.6. The molecule has 0 aliphatic carbocycles. The Hall–Kier alpha value is -1.59. The van der Waals surface area contributed by atoms with Crippen molar-refractivity contribution in [1.82, 2.24) is 4.90 Å². The van der Waals surface area contributed by atoms with Crippen molar-refractivity contribution >= 4 is 11.6 Å². The van der Waals surface area contributed by atoms with Gasteiger partial charge in [0, 0.05) is 25.4 Å². The lowest BCUT2D eigenvalue weighted by atomic mass is 9.93. The summed E-state index contributed by atoms with van der Waals surface area (Å²) in [5.41, 5.74) is -0.0712. The van der Waals surface area contributed by atoms with Crippen LogP contribution < -0.4 is 10.1 Å². The van der Waals surface area contributed by atoms with Crippen molar-refractivity contribution in [2.24, 2.45) is 5.92 Å². The summed E-state index contributed by atoms with van der Waals surface area (Å²) in [4.78, 5) is 15.1. The van der Waals surface area contributed by atoms with Crippen molar-refractivity contribution in [3.05, 3.63) is 24.3 Å². The molecule has 1 saturated heterocycles. The molecule has 152 valence electrons. The van der Waals surface area contributed by atoms with E-state index in [9.17, 15) is 4.79 Å². The molecule has 0 radical (unpaired) electrons. The molecule has 1 heterocycles. The van der Waals surface area contributed by atoms with E-state index in [1.807, 2.05) is 31.2 Å². The summed E-state index contributed by atoms with van der Waals surface area (Å²) in [6.45, 7) is 11.1. The molecular formula is C22H36N2O3. The average Bonchev–Trinajstić information content (AvgIpc) is 2.64. The van der Waals surface area contributed by atoms with E-state index in [2.05, 4.69) is 31.0 Å². The Bertz CT molecular complexity index is 588. The molecule has 2 atom stereocenters. The lowest BCUT2D eigenvalue weighted by Crippen LogP contribution is -2.43. The SMILES string of the molecule is CO[C@@](C)(CC(C)C)C(=O)Nc1ccc(OCCN2CCCC[C@@H]2C)cc1. The average molecular weight is 377 g/mol. The standard InChI is InChI=1S/C22H36N2O3/c1-17(2)16-22(4,26-5)21(25)23-19-9-11-20(12-10-19)27-15-14-24-13-7-6-8-18(24)3/h9-12,17-18H,6-8,13-16H2,1-5H3,(H,23,25)/t18-,22-/m0/s1. The van der Waals surface area contributed by atoms with E-state index >= 15 is 0 Å². The highest BCUT2D eigenvalue weighted by molar-refractivity contribution is 5.97. The molecule has 1 amide bonds. The summed E-state index contributed by atoms with van der Waals surface area (Å²) in [6, 6.07) is 8.22. The molecule has 0 bridgehead atoms. The van der Waals surface area contributed by atoms with Crippen LogP contribution in [0.2, 0.25) is 0 Å². The van der Waals surface area contributed by atoms with Crippen molar-refractivity contribution in [2.75, 3.05) is 32.1 Å². The minimum Gasteiger partial charge on any atom is -0.492 e. The van der Waals surface area contributed by atoms with Gasteiger partial charge < -0.3 is 14.8 Å². The first-order valence-electron chi connectivity index (χ1n) is 10.2. The first kappa shape index (κ1) is 21.7. The third kappa shape index (κ3) is 6.51. The molecule has 0 spiro atoms. The molecule has 1 aliphatic heterocycles. The van der Waals surface area contributed by atoms with Gasteiger partial charge in [0.05, 0.1) is 0 Å². The number of nitrogens with one attached hydrogen (secondary N) is 1. The first-order valence-corrected chi connectivity index (χ1v) is 10.2. The molecule has 2 rings (SSSR count). The van der Waals surface area contributed by atoms with E-state index in [1.54, 1.807) is 7.11 Å². The number of carbonyl (C=O) groups excluding carboxylic acids is 1. The molecule has 1 N–H and O–H groups in total. The number of hydrogen-bond acceptors (Lipinski definition) is 4. The predicted octanol–water partition coefficient (Wildman–Crippen LogP) is 4.33. The zero-order valence-electron chi connectivity index (χ0n) is 17.6. The zero-order chi connectivity index (χ0) is 19.9. The number of benzene rings is 1. The van der Waals surface area contributed by atoms with Crippen LogP contribution >= 0.6 is 0 Å². The number of ether oxygens (including phenoxy) is 2. The van der Waals surface area contributed by atoms with E-state index < -0.39 is 5.60 Å². The Balaban J connectivity index is 1.83. The molecule has 1 aromatic rings. The molecule has 5 heteroatoms. The maximum atomic E-state index is 12.6. The van der Waals surface area contributed by atoms with Crippen LogP contribution in [-0.4, -0.2) is 49.3 Å². The Morgan fingerprint density at radius 2 is 2.00 bits per heavy atom. The quantitative estimate of drug-likeness (QED) is 0.697. The van der Waals surface area contributed by atoms with E-state index in [0.29, 0.717) is 25.0 Å². The molecule has 5 nitrogen and oxygen atoms in total. The number of amides is 1. The van der Waals surface area contributed by atoms with E-state index in [1.165, 1.54) is 25.8 Å². The third-order valence-electron chi connectivity index (χ3n) is 5.43. The molecule has 1 fully saturated rings. The number of nitrogens with zero attached hydrogens (tertiary/aromatic N) is 1. The van der Waals surface area contributed by atoms with Gasteiger partial charge in [-0.05, 0) is 69.8 Å². The molecule has 27 heavy (non-hydrogen) atoms. The second kappa shape index (κ2) is 10.1. The Labute approximate surface area is 164 Å². The molecule has 1 aliphatic rings. The van der Waals surface area contributed by atoms with E-state index in [0.717, 1.165) is 18.0 Å². The summed E-state index contributed by atoms with van der Waals surface area (Å²) in [5.74, 6) is 1.08. The number of piperidine rings is 1. The first-order chi connectivity index (χ1) is 12.8. The van der Waals surface area contributed by atoms with Crippen LogP contribution in [0.25, 0.3) is 0 Å². The fourth-order valence-corrected chi connectivity index (χ4v) is 3.72. The molecular weight excluding hydrogens is 340 g/mol. The minimum absolute atomic E-state index is 0.119. The lowest BCUT2D eigenvalue weighted by Gasteiger charge is -2.33. The maximum Gasteiger partial charge on any atom is 0.256 e. The van der Waals surface area contributed by atoms with Crippen LogP contribution in [0.1, 0.15) is 53.4 Å². The molecule has 1 aromatic carbocycles. The van der Waals surface area contributed by atoms with Gasteiger partial charge in [0.2, 0.25) is 0 Å². The fraction of sp³-hybridized carbons (Fsp3) is 0.682. The largest absolute Gasteiger partial charge is 0.492 e. The lowest BCUT2D eigenvalue weighted by molar-refractivity contribution is -0.137. The van der Waals surface area contributed by atoms with E-state index in [4.69, 9.17) is 9.47 Å². The van der Waals surface area contributed by atoms with Crippen LogP contribution in [0, 0.1) is 5.92 Å². The van der Waals surface area contributed by atoms with Crippen molar-refractivity contribution < 1.29 is 14.3 Å². The minimum atomic E-state index is -0.825. The van der Waals surface area contributed by atoms with Crippen LogP contribution in [0.3, 0.4) is 0 Å². The summed E-state index contributed by atoms with van der Waals surface area (Å²) in [7, 11) is 1.59. The highest BCUT2D eigenvalue weighted by Crippen LogP contribution is 2.23. The summed E-state index contributed by atoms with van der Waals surface area (Å²) >= 11 is 0. The van der Waals surface area contributed by atoms with Gasteiger partial charge in [0.15, 0.2) is 0 Å². The number of methoxy groups -OCH3 is 1. The van der Waals surface area contributed by atoms with Gasteiger partial charge in [-0.25, -0.2) is 0 Å². The normalized spacial score (nSPS) is 20.3. The predicted molar refractivity (Wildman–Crippen MR) is 110 cm³/mol. The van der Waals surface area contributed by atoms with Gasteiger partial charge in [-0.2, -0.15) is 0 Å². The van der Waals surface area contributed by atoms with Crippen molar-refractivity contribution in [3.8, 4) is 5.75 Å². The second-order valence-corrected chi connectivity index (χ2v) is 8.24. The smallest absolute Gasteiger partial charge is 0.256 e. The van der Waals surface area contributed by atoms with Crippen molar-refractivity contribution in [2.45, 2.75) is 65.0 Å². The Morgan fingerprint density at radius 3 is 2.59 bits per heavy atom. The fourth-order valence-electron chi connectivity index (χ4n) is 3.72. The number of likely N-dealkylation sites (tertiary alicyclic amines) is 1. The third-order valence-corrected chi connectivity index (χ3v) is 5.43. The van der Waals surface area contributed by atoms with Gasteiger partial charge >= 0.3 is 0 Å². The summed E-state index contributed by atoms with van der Waals surface area (Å²) < 4.78 is 11.4. The summed E-state index contributed by atoms with van der Waals surface area (Å²) in [5, 5.41) is 2.95. The number of rotatable bonds is 9. The maximum absolute atomic E-state index is 12.6. The second-order valence-electron chi connectivity index (χ2n) is 8.24. The van der Waals surface area contributed by atoms with Crippen LogP contribution in [0.15, 0.2) is 24.3 Å². The number of anilines is 1. The van der Waals surface area contributed by atoms with Crippen molar-refractivity contribution in [3.63, 3.8) is 0 Å². The Kier molecular flexibility index (Phi) is 8.11. The highest BCUT2D eigenvalue weighted by Gasteiger charge is 2.33. The molecule has 0 saturated carbocycles. The Morgan fingerprint density at radius 1 is 1.30 bits per heavy atom. The summed E-state index contributed by atoms with van der Waals surface area (Å²) in [6.07, 6.45) is 4.58. The highest BCUT2D eigenvalue weighted by atomic mass is 16.5. The van der Waals surface area contributed by atoms with Crippen LogP contribution in [0.4, 0.5) is 5.69 Å². The molecule has 0 aromatic heterocycles. The van der Waals surface area contributed by atoms with Gasteiger partial charge in [-0.1, -0.05) is 20.3 Å². The van der Waals surface area contributed by atoms with Gasteiger partial charge in [0.1, 0.15) is 18.0 Å². The number of carbonyl (C=O) groups is 1. The topological polar surface area (TPSA) is 50.8 Å². The van der Waals surface area contributed by atoms with Crippen LogP contribution in [-0.2, 0) is 9.53 Å². The van der Waals surface area contributed by atoms with Gasteiger partial charge in [-0.15, -0.1) is 0 Å². The number of hydrogen-bond donors (Lipinski definition) is 1. The van der Waals surface area contributed by atoms with Gasteiger partial charge in [0.25, 0.3) is 5.91 Å². The molecule has 0 unspecified atom stereocenters. The van der Waals surface area contributed by atoms with Crippen LogP contribution in [0.5, 0.6) is 5.75 Å². The van der Waals surface area contributed by atoms with Gasteiger partial charge in [-0.3, -0.25) is 9.69 Å². The van der Waals surface area contributed by atoms with E-state index in [-0.39, 0.29) is 5.91 Å².